The topological polar surface area (TPSA) is 60.2 Å². The highest BCUT2D eigenvalue weighted by atomic mass is 35.5. The van der Waals surface area contributed by atoms with Gasteiger partial charge >= 0.3 is 0 Å². The third-order valence-electron chi connectivity index (χ3n) is 2.82. The first-order valence-electron chi connectivity index (χ1n) is 5.41. The molecule has 20 heavy (non-hydrogen) atoms. The fraction of sp³-hybridized carbons (Fsp3) is 0. The van der Waals surface area contributed by atoms with Crippen molar-refractivity contribution in [1.29, 1.82) is 0 Å². The summed E-state index contributed by atoms with van der Waals surface area (Å²) in [5, 5.41) is 4.14. The smallest absolute Gasteiger partial charge is 0.243 e. The van der Waals surface area contributed by atoms with E-state index in [2.05, 4.69) is 5.16 Å². The first-order chi connectivity index (χ1) is 9.50. The van der Waals surface area contributed by atoms with Gasteiger partial charge in [0.15, 0.2) is 5.78 Å². The monoisotopic (exact) mass is 327 g/mol. The number of fused-ring (bicyclic) bond motifs is 1. The Morgan fingerprint density at radius 3 is 2.30 bits per heavy atom. The third-order valence-corrected chi connectivity index (χ3v) is 3.73. The van der Waals surface area contributed by atoms with E-state index < -0.39 is 11.6 Å². The van der Waals surface area contributed by atoms with E-state index in [9.17, 15) is 9.59 Å². The molecular formula is C13H4Cl3NO3. The molecule has 3 rings (SSSR count). The molecule has 0 fully saturated rings. The van der Waals surface area contributed by atoms with E-state index in [4.69, 9.17) is 39.3 Å². The highest BCUT2D eigenvalue weighted by Crippen LogP contribution is 2.38. The van der Waals surface area contributed by atoms with Crippen LogP contribution in [-0.2, 0) is 0 Å². The Morgan fingerprint density at radius 1 is 1.00 bits per heavy atom. The van der Waals surface area contributed by atoms with E-state index in [-0.39, 0.29) is 22.0 Å². The lowest BCUT2D eigenvalue weighted by molar-refractivity contribution is 0.0965. The van der Waals surface area contributed by atoms with Crippen molar-refractivity contribution in [1.82, 2.24) is 5.16 Å². The fourth-order valence-electron chi connectivity index (χ4n) is 1.93. The predicted molar refractivity (Wildman–Crippen MR) is 74.6 cm³/mol. The van der Waals surface area contributed by atoms with Crippen LogP contribution in [0.25, 0.3) is 11.3 Å². The zero-order chi connectivity index (χ0) is 14.4. The number of carbonyl (C=O) groups is 2. The van der Waals surface area contributed by atoms with E-state index in [1.165, 1.54) is 0 Å². The van der Waals surface area contributed by atoms with Crippen LogP contribution in [0.3, 0.4) is 0 Å². The summed E-state index contributed by atoms with van der Waals surface area (Å²) in [7, 11) is 0. The van der Waals surface area contributed by atoms with Gasteiger partial charge in [0.05, 0.1) is 15.1 Å². The Labute approximate surface area is 127 Å². The van der Waals surface area contributed by atoms with Crippen LogP contribution in [-0.4, -0.2) is 16.7 Å². The van der Waals surface area contributed by atoms with Gasteiger partial charge in [0.25, 0.3) is 0 Å². The second-order valence-electron chi connectivity index (χ2n) is 4.02. The second kappa shape index (κ2) is 4.74. The van der Waals surface area contributed by atoms with Crippen LogP contribution in [0.15, 0.2) is 33.8 Å². The summed E-state index contributed by atoms with van der Waals surface area (Å²) in [5.41, 5.74) is 0.497. The lowest BCUT2D eigenvalue weighted by Gasteiger charge is -2.07. The van der Waals surface area contributed by atoms with Crippen molar-refractivity contribution in [2.45, 2.75) is 0 Å². The molecule has 0 saturated heterocycles. The van der Waals surface area contributed by atoms with Gasteiger partial charge in [-0.2, -0.15) is 0 Å². The fourth-order valence-corrected chi connectivity index (χ4v) is 2.69. The van der Waals surface area contributed by atoms with Gasteiger partial charge in [0, 0.05) is 11.6 Å². The summed E-state index contributed by atoms with van der Waals surface area (Å²) >= 11 is 17.8. The van der Waals surface area contributed by atoms with Crippen molar-refractivity contribution in [3.63, 3.8) is 0 Å². The molecule has 0 saturated carbocycles. The number of hydrogen-bond donors (Lipinski definition) is 0. The number of halogens is 3. The normalized spacial score (nSPS) is 14.2. The first-order valence-corrected chi connectivity index (χ1v) is 6.54. The van der Waals surface area contributed by atoms with E-state index in [0.717, 1.165) is 6.08 Å². The Bertz CT molecular complexity index is 772. The molecular weight excluding hydrogens is 325 g/mol. The predicted octanol–water partition coefficient (Wildman–Crippen LogP) is 4.15. The van der Waals surface area contributed by atoms with Crippen molar-refractivity contribution in [2.75, 3.05) is 0 Å². The average Bonchev–Trinajstić information content (AvgIpc) is 2.81. The van der Waals surface area contributed by atoms with Crippen molar-refractivity contribution in [3.05, 3.63) is 50.7 Å². The molecule has 1 heterocycles. The lowest BCUT2D eigenvalue weighted by Crippen LogP contribution is -2.13. The number of hydrogen-bond acceptors (Lipinski definition) is 4. The minimum absolute atomic E-state index is 0.0226. The quantitative estimate of drug-likeness (QED) is 0.789. The molecule has 0 N–H and O–H groups in total. The van der Waals surface area contributed by atoms with Crippen molar-refractivity contribution in [3.8, 4) is 11.3 Å². The van der Waals surface area contributed by atoms with Crippen LogP contribution < -0.4 is 0 Å². The summed E-state index contributed by atoms with van der Waals surface area (Å²) in [6.07, 6.45) is 1.03. The molecule has 1 aliphatic carbocycles. The number of nitrogens with zero attached hydrogens (tertiary/aromatic N) is 1. The van der Waals surface area contributed by atoms with Crippen LogP contribution in [0.1, 0.15) is 20.9 Å². The van der Waals surface area contributed by atoms with Crippen LogP contribution >= 0.6 is 34.8 Å². The third kappa shape index (κ3) is 1.88. The molecule has 2 aromatic rings. The number of ketones is 2. The molecule has 1 aliphatic rings. The van der Waals surface area contributed by atoms with Crippen LogP contribution in [0, 0.1) is 0 Å². The standard InChI is InChI=1S/C13H4Cl3NO3/c14-5-2-1-3-6(15)9(5)11-10-8(18)4-7(16)12(19)13(10)20-17-11/h1-4H. The molecule has 0 spiro atoms. The maximum Gasteiger partial charge on any atom is 0.243 e. The molecule has 7 heteroatoms. The van der Waals surface area contributed by atoms with Crippen LogP contribution in [0.4, 0.5) is 0 Å². The maximum absolute atomic E-state index is 12.0. The first kappa shape index (κ1) is 13.4. The molecule has 0 atom stereocenters. The lowest BCUT2D eigenvalue weighted by atomic mass is 9.97. The molecule has 100 valence electrons. The van der Waals surface area contributed by atoms with Gasteiger partial charge in [-0.1, -0.05) is 46.0 Å². The highest BCUT2D eigenvalue weighted by Gasteiger charge is 2.34. The van der Waals surface area contributed by atoms with Gasteiger partial charge in [-0.3, -0.25) is 9.59 Å². The Hall–Kier alpha value is -1.62. The zero-order valence-electron chi connectivity index (χ0n) is 9.62. The molecule has 1 aromatic heterocycles. The van der Waals surface area contributed by atoms with E-state index in [0.29, 0.717) is 15.6 Å². The number of benzene rings is 1. The largest absolute Gasteiger partial charge is 0.351 e. The minimum Gasteiger partial charge on any atom is -0.351 e. The number of allylic oxidation sites excluding steroid dienone is 2. The molecule has 0 unspecified atom stereocenters. The van der Waals surface area contributed by atoms with Gasteiger partial charge < -0.3 is 4.52 Å². The number of aromatic nitrogens is 1. The van der Waals surface area contributed by atoms with Crippen molar-refractivity contribution >= 4 is 46.4 Å². The maximum atomic E-state index is 12.0. The van der Waals surface area contributed by atoms with E-state index in [1.807, 2.05) is 0 Å². The van der Waals surface area contributed by atoms with Crippen molar-refractivity contribution < 1.29 is 14.1 Å². The van der Waals surface area contributed by atoms with Crippen LogP contribution in [0.5, 0.6) is 0 Å². The number of Topliss-reactive ketones (excluding diaryl/α,β-unsaturated/α-hetero) is 1. The van der Waals surface area contributed by atoms with Gasteiger partial charge in [-0.25, -0.2) is 0 Å². The summed E-state index contributed by atoms with van der Waals surface area (Å²) in [4.78, 5) is 23.8. The highest BCUT2D eigenvalue weighted by molar-refractivity contribution is 6.49. The minimum atomic E-state index is -0.594. The Kier molecular flexibility index (Phi) is 3.17. The summed E-state index contributed by atoms with van der Waals surface area (Å²) in [6, 6.07) is 4.86. The molecule has 0 amide bonds. The Balaban J connectivity index is 2.29. The van der Waals surface area contributed by atoms with E-state index in [1.54, 1.807) is 18.2 Å². The van der Waals surface area contributed by atoms with Crippen LogP contribution in [0.2, 0.25) is 10.0 Å². The Morgan fingerprint density at radius 2 is 1.65 bits per heavy atom. The molecule has 0 radical (unpaired) electrons. The average molecular weight is 329 g/mol. The SMILES string of the molecule is O=C1C(Cl)=CC(=O)c2c(-c3c(Cl)cccc3Cl)noc21. The summed E-state index contributed by atoms with van der Waals surface area (Å²) < 4.78 is 4.94. The van der Waals surface area contributed by atoms with E-state index >= 15 is 0 Å². The number of rotatable bonds is 1. The van der Waals surface area contributed by atoms with Gasteiger partial charge in [0.2, 0.25) is 11.5 Å². The summed E-state index contributed by atoms with van der Waals surface area (Å²) in [6.45, 7) is 0. The molecule has 4 nitrogen and oxygen atoms in total. The number of carbonyl (C=O) groups excluding carboxylic acids is 2. The second-order valence-corrected chi connectivity index (χ2v) is 5.24. The summed E-state index contributed by atoms with van der Waals surface area (Å²) in [5.74, 6) is -1.27. The van der Waals surface area contributed by atoms with Gasteiger partial charge in [0.1, 0.15) is 11.3 Å². The van der Waals surface area contributed by atoms with Gasteiger partial charge in [-0.05, 0) is 12.1 Å². The van der Waals surface area contributed by atoms with Gasteiger partial charge in [-0.15, -0.1) is 0 Å². The zero-order valence-corrected chi connectivity index (χ0v) is 11.9. The molecule has 0 bridgehead atoms. The van der Waals surface area contributed by atoms with Crippen molar-refractivity contribution in [2.24, 2.45) is 0 Å². The molecule has 1 aromatic carbocycles. The molecule has 0 aliphatic heterocycles.